The van der Waals surface area contributed by atoms with Crippen molar-refractivity contribution in [2.24, 2.45) is 0 Å². The summed E-state index contributed by atoms with van der Waals surface area (Å²) >= 11 is 0. The van der Waals surface area contributed by atoms with Crippen LogP contribution < -0.4 is 5.32 Å². The number of carboxylic acid groups (broad SMARTS) is 1. The molecule has 116 valence electrons. The second-order valence-electron chi connectivity index (χ2n) is 6.16. The van der Waals surface area contributed by atoms with E-state index in [0.717, 1.165) is 16.7 Å². The molecule has 0 saturated heterocycles. The van der Waals surface area contributed by atoms with Crippen LogP contribution in [0.15, 0.2) is 18.2 Å². The average molecular weight is 293 g/mol. The maximum atomic E-state index is 11.7. The van der Waals surface area contributed by atoms with Crippen molar-refractivity contribution >= 4 is 12.1 Å². The first-order valence-corrected chi connectivity index (χ1v) is 6.87. The van der Waals surface area contributed by atoms with Crippen LogP contribution in [0.1, 0.15) is 37.5 Å². The molecule has 1 aromatic carbocycles. The van der Waals surface area contributed by atoms with E-state index in [9.17, 15) is 14.7 Å². The first kappa shape index (κ1) is 17.0. The van der Waals surface area contributed by atoms with Crippen molar-refractivity contribution in [1.29, 1.82) is 0 Å². The molecule has 0 spiro atoms. The molecule has 2 N–H and O–H groups in total. The lowest BCUT2D eigenvalue weighted by atomic mass is 10.0. The zero-order chi connectivity index (χ0) is 16.2. The summed E-state index contributed by atoms with van der Waals surface area (Å²) in [5.41, 5.74) is 2.44. The van der Waals surface area contributed by atoms with Crippen molar-refractivity contribution < 1.29 is 19.4 Å². The van der Waals surface area contributed by atoms with Gasteiger partial charge >= 0.3 is 12.1 Å². The molecular formula is C16H23NO4. The van der Waals surface area contributed by atoms with Gasteiger partial charge in [-0.3, -0.25) is 0 Å². The van der Waals surface area contributed by atoms with Gasteiger partial charge in [-0.25, -0.2) is 9.59 Å². The van der Waals surface area contributed by atoms with E-state index < -0.39 is 23.7 Å². The Balaban J connectivity index is 2.76. The highest BCUT2D eigenvalue weighted by molar-refractivity contribution is 5.80. The third-order valence-electron chi connectivity index (χ3n) is 3.00. The molecule has 0 aliphatic rings. The summed E-state index contributed by atoms with van der Waals surface area (Å²) in [6, 6.07) is 4.73. The van der Waals surface area contributed by atoms with E-state index in [2.05, 4.69) is 5.32 Å². The number of carboxylic acids is 1. The maximum absolute atomic E-state index is 11.7. The number of benzene rings is 1. The fraction of sp³-hybridized carbons (Fsp3) is 0.500. The number of nitrogens with one attached hydrogen (secondary N) is 1. The normalized spacial score (nSPS) is 12.6. The van der Waals surface area contributed by atoms with E-state index in [4.69, 9.17) is 4.74 Å². The Morgan fingerprint density at radius 3 is 2.33 bits per heavy atom. The minimum absolute atomic E-state index is 0.218. The lowest BCUT2D eigenvalue weighted by Gasteiger charge is -2.22. The third-order valence-corrected chi connectivity index (χ3v) is 3.00. The Bertz CT molecular complexity index is 532. The number of hydrogen-bond acceptors (Lipinski definition) is 3. The van der Waals surface area contributed by atoms with Crippen molar-refractivity contribution in [2.75, 3.05) is 0 Å². The van der Waals surface area contributed by atoms with E-state index in [-0.39, 0.29) is 6.42 Å². The highest BCUT2D eigenvalue weighted by Gasteiger charge is 2.24. The fourth-order valence-electron chi connectivity index (χ4n) is 1.82. The van der Waals surface area contributed by atoms with E-state index >= 15 is 0 Å². The van der Waals surface area contributed by atoms with Crippen LogP contribution in [0.3, 0.4) is 0 Å². The Kier molecular flexibility index (Phi) is 5.35. The molecule has 1 atom stereocenters. The van der Waals surface area contributed by atoms with Crippen LogP contribution in [-0.2, 0) is 16.0 Å². The zero-order valence-electron chi connectivity index (χ0n) is 13.2. The Hall–Kier alpha value is -2.04. The van der Waals surface area contributed by atoms with Gasteiger partial charge in [-0.1, -0.05) is 18.2 Å². The number of alkyl carbamates (subject to hydrolysis) is 1. The molecule has 0 radical (unpaired) electrons. The molecule has 1 amide bonds. The molecule has 0 saturated carbocycles. The molecule has 0 fully saturated rings. The van der Waals surface area contributed by atoms with E-state index in [1.54, 1.807) is 20.8 Å². The van der Waals surface area contributed by atoms with Gasteiger partial charge in [0.2, 0.25) is 0 Å². The first-order valence-electron chi connectivity index (χ1n) is 6.87. The van der Waals surface area contributed by atoms with Crippen molar-refractivity contribution in [3.8, 4) is 0 Å². The van der Waals surface area contributed by atoms with Crippen LogP contribution in [-0.4, -0.2) is 28.8 Å². The fourth-order valence-corrected chi connectivity index (χ4v) is 1.82. The molecule has 1 aromatic rings. The molecule has 1 unspecified atom stereocenters. The Morgan fingerprint density at radius 2 is 1.86 bits per heavy atom. The second kappa shape index (κ2) is 6.61. The predicted molar refractivity (Wildman–Crippen MR) is 80.4 cm³/mol. The van der Waals surface area contributed by atoms with E-state index in [1.165, 1.54) is 0 Å². The summed E-state index contributed by atoms with van der Waals surface area (Å²) in [5, 5.41) is 11.6. The standard InChI is InChI=1S/C16H23NO4/c1-10-6-7-12(8-11(10)2)9-13(14(18)19)17-15(20)21-16(3,4)5/h6-8,13H,9H2,1-5H3,(H,17,20)(H,18,19). The molecule has 0 aliphatic carbocycles. The van der Waals surface area contributed by atoms with Crippen LogP contribution in [0.4, 0.5) is 4.79 Å². The summed E-state index contributed by atoms with van der Waals surface area (Å²) in [6.45, 7) is 9.14. The largest absolute Gasteiger partial charge is 0.480 e. The summed E-state index contributed by atoms with van der Waals surface area (Å²) in [6.07, 6.45) is -0.505. The number of aryl methyl sites for hydroxylation is 2. The highest BCUT2D eigenvalue weighted by atomic mass is 16.6. The SMILES string of the molecule is Cc1ccc(CC(NC(=O)OC(C)(C)C)C(=O)O)cc1C. The molecule has 5 heteroatoms. The zero-order valence-corrected chi connectivity index (χ0v) is 13.2. The lowest BCUT2D eigenvalue weighted by molar-refractivity contribution is -0.139. The lowest BCUT2D eigenvalue weighted by Crippen LogP contribution is -2.44. The van der Waals surface area contributed by atoms with Crippen LogP contribution in [0.5, 0.6) is 0 Å². The number of amides is 1. The van der Waals surface area contributed by atoms with Gasteiger partial charge < -0.3 is 15.2 Å². The summed E-state index contributed by atoms with van der Waals surface area (Å²) in [7, 11) is 0. The van der Waals surface area contributed by atoms with Crippen LogP contribution in [0, 0.1) is 13.8 Å². The number of rotatable bonds is 4. The highest BCUT2D eigenvalue weighted by Crippen LogP contribution is 2.12. The minimum Gasteiger partial charge on any atom is -0.480 e. The van der Waals surface area contributed by atoms with Gasteiger partial charge in [0.15, 0.2) is 0 Å². The number of aliphatic carboxylic acids is 1. The van der Waals surface area contributed by atoms with Crippen molar-refractivity contribution in [1.82, 2.24) is 5.32 Å². The van der Waals surface area contributed by atoms with Gasteiger partial charge in [0.05, 0.1) is 0 Å². The number of ether oxygens (including phenoxy) is 1. The van der Waals surface area contributed by atoms with E-state index in [0.29, 0.717) is 0 Å². The average Bonchev–Trinajstić information content (AvgIpc) is 2.30. The molecule has 21 heavy (non-hydrogen) atoms. The maximum Gasteiger partial charge on any atom is 0.408 e. The van der Waals surface area contributed by atoms with Gasteiger partial charge in [-0.15, -0.1) is 0 Å². The molecule has 1 rings (SSSR count). The number of carbonyl (C=O) groups is 2. The van der Waals surface area contributed by atoms with Crippen molar-refractivity contribution in [3.05, 3.63) is 34.9 Å². The van der Waals surface area contributed by atoms with Gasteiger partial charge in [0, 0.05) is 6.42 Å². The van der Waals surface area contributed by atoms with Crippen molar-refractivity contribution in [2.45, 2.75) is 52.7 Å². The summed E-state index contributed by atoms with van der Waals surface area (Å²) < 4.78 is 5.09. The summed E-state index contributed by atoms with van der Waals surface area (Å²) in [5.74, 6) is -1.08. The van der Waals surface area contributed by atoms with Gasteiger partial charge in [0.1, 0.15) is 11.6 Å². The van der Waals surface area contributed by atoms with E-state index in [1.807, 2.05) is 32.0 Å². The quantitative estimate of drug-likeness (QED) is 0.895. The second-order valence-corrected chi connectivity index (χ2v) is 6.16. The topological polar surface area (TPSA) is 75.6 Å². The minimum atomic E-state index is -1.08. The van der Waals surface area contributed by atoms with Crippen molar-refractivity contribution in [3.63, 3.8) is 0 Å². The third kappa shape index (κ3) is 5.85. The predicted octanol–water partition coefficient (Wildman–Crippen LogP) is 2.82. The molecule has 5 nitrogen and oxygen atoms in total. The Labute approximate surface area is 125 Å². The van der Waals surface area contributed by atoms with Crippen LogP contribution in [0.2, 0.25) is 0 Å². The molecule has 0 aromatic heterocycles. The molecule has 0 aliphatic heterocycles. The molecule has 0 bridgehead atoms. The molecule has 0 heterocycles. The van der Waals surface area contributed by atoms with Crippen LogP contribution in [0.25, 0.3) is 0 Å². The first-order chi connectivity index (χ1) is 9.58. The smallest absolute Gasteiger partial charge is 0.408 e. The summed E-state index contributed by atoms with van der Waals surface area (Å²) in [4.78, 5) is 23.0. The number of carbonyl (C=O) groups excluding carboxylic acids is 1. The Morgan fingerprint density at radius 1 is 1.24 bits per heavy atom. The van der Waals surface area contributed by atoms with Crippen LogP contribution >= 0.6 is 0 Å². The monoisotopic (exact) mass is 293 g/mol. The molecular weight excluding hydrogens is 270 g/mol. The van der Waals surface area contributed by atoms with Gasteiger partial charge in [-0.2, -0.15) is 0 Å². The van der Waals surface area contributed by atoms with Gasteiger partial charge in [0.25, 0.3) is 0 Å². The van der Waals surface area contributed by atoms with Gasteiger partial charge in [-0.05, 0) is 51.3 Å². The number of hydrogen-bond donors (Lipinski definition) is 2.